The molecular formula is C33H42BrNO7Si. The number of carboxylic acid groups (broad SMARTS) is 1. The summed E-state index contributed by atoms with van der Waals surface area (Å²) in [7, 11) is -1.98. The Balaban J connectivity index is 1.44. The van der Waals surface area contributed by atoms with Crippen LogP contribution in [0.2, 0.25) is 18.1 Å². The molecule has 1 N–H and O–H groups in total. The Morgan fingerprint density at radius 3 is 2.33 bits per heavy atom. The molecule has 2 heterocycles. The van der Waals surface area contributed by atoms with Crippen molar-refractivity contribution in [2.24, 2.45) is 0 Å². The van der Waals surface area contributed by atoms with E-state index < -0.39 is 25.5 Å². The second-order valence-electron chi connectivity index (χ2n) is 14.1. The van der Waals surface area contributed by atoms with Crippen molar-refractivity contribution in [1.82, 2.24) is 4.57 Å². The molecule has 1 aliphatic heterocycles. The Hall–Kier alpha value is -2.50. The number of hydrogen-bond donors (Lipinski definition) is 1. The van der Waals surface area contributed by atoms with Gasteiger partial charge in [0.05, 0.1) is 17.7 Å². The summed E-state index contributed by atoms with van der Waals surface area (Å²) >= 11 is 3.50. The summed E-state index contributed by atoms with van der Waals surface area (Å²) < 4.78 is 27.8. The van der Waals surface area contributed by atoms with Crippen molar-refractivity contribution < 1.29 is 33.3 Å². The van der Waals surface area contributed by atoms with E-state index in [0.717, 1.165) is 15.4 Å². The van der Waals surface area contributed by atoms with Crippen LogP contribution in [0, 0.1) is 0 Å². The SMILES string of the molecule is CC1(C)OC(COc2ccc3c(c2)C(C)(C)c2c(c4ccc(Br)cc4n2CC(=O)O)C3=O)C(CO[Si](C)(C)C(C)(C)C)O1. The van der Waals surface area contributed by atoms with Gasteiger partial charge in [-0.1, -0.05) is 56.6 Å². The number of ketones is 1. The number of fused-ring (bicyclic) bond motifs is 4. The summed E-state index contributed by atoms with van der Waals surface area (Å²) in [5.74, 6) is -1.25. The van der Waals surface area contributed by atoms with Gasteiger partial charge in [0.2, 0.25) is 0 Å². The molecule has 1 fully saturated rings. The molecular weight excluding hydrogens is 630 g/mol. The standard InChI is InChI=1S/C33H42BrNO7Si/c1-31(2,3)43(8,9)40-18-26-25(41-33(6,7)42-26)17-39-20-11-13-21-23(15-20)32(4,5)30-28(29(21)38)22-12-10-19(34)14-24(22)35(30)16-27(36)37/h10-15,25-26H,16-18H2,1-9H3,(H,36,37). The van der Waals surface area contributed by atoms with Gasteiger partial charge in [-0.2, -0.15) is 0 Å². The minimum atomic E-state index is -1.98. The highest BCUT2D eigenvalue weighted by molar-refractivity contribution is 9.10. The van der Waals surface area contributed by atoms with Crippen LogP contribution in [0.4, 0.5) is 0 Å². The topological polar surface area (TPSA) is 96.2 Å². The number of carbonyl (C=O) groups excluding carboxylic acids is 1. The molecule has 0 bridgehead atoms. The number of carboxylic acids is 1. The fourth-order valence-electron chi connectivity index (χ4n) is 5.97. The van der Waals surface area contributed by atoms with E-state index in [-0.39, 0.29) is 36.2 Å². The van der Waals surface area contributed by atoms with Crippen LogP contribution >= 0.6 is 15.9 Å². The molecule has 10 heteroatoms. The number of halogens is 1. The number of aromatic nitrogens is 1. The first-order valence-electron chi connectivity index (χ1n) is 14.7. The van der Waals surface area contributed by atoms with Crippen molar-refractivity contribution in [3.63, 3.8) is 0 Å². The summed E-state index contributed by atoms with van der Waals surface area (Å²) in [6.07, 6.45) is -0.623. The number of benzene rings is 2. The molecule has 1 saturated heterocycles. The maximum Gasteiger partial charge on any atom is 0.323 e. The van der Waals surface area contributed by atoms with E-state index >= 15 is 0 Å². The van der Waals surface area contributed by atoms with Crippen molar-refractivity contribution in [3.8, 4) is 5.75 Å². The molecule has 1 aromatic heterocycles. The van der Waals surface area contributed by atoms with Crippen molar-refractivity contribution >= 4 is 46.9 Å². The third kappa shape index (κ3) is 5.84. The first kappa shape index (κ1) is 31.9. The predicted octanol–water partition coefficient (Wildman–Crippen LogP) is 7.28. The van der Waals surface area contributed by atoms with Crippen molar-refractivity contribution in [1.29, 1.82) is 0 Å². The summed E-state index contributed by atoms with van der Waals surface area (Å²) in [5, 5.41) is 10.6. The highest BCUT2D eigenvalue weighted by Crippen LogP contribution is 2.47. The molecule has 8 nitrogen and oxygen atoms in total. The van der Waals surface area contributed by atoms with Crippen LogP contribution < -0.4 is 4.74 Å². The van der Waals surface area contributed by atoms with E-state index in [4.69, 9.17) is 18.6 Å². The number of hydrogen-bond acceptors (Lipinski definition) is 6. The second-order valence-corrected chi connectivity index (χ2v) is 19.8. The summed E-state index contributed by atoms with van der Waals surface area (Å²) in [5.41, 5.74) is 2.66. The summed E-state index contributed by atoms with van der Waals surface area (Å²) in [4.78, 5) is 25.9. The lowest BCUT2D eigenvalue weighted by atomic mass is 9.71. The monoisotopic (exact) mass is 671 g/mol. The Labute approximate surface area is 262 Å². The van der Waals surface area contributed by atoms with E-state index in [1.165, 1.54) is 0 Å². The maximum absolute atomic E-state index is 13.9. The third-order valence-corrected chi connectivity index (χ3v) is 14.2. The van der Waals surface area contributed by atoms with Crippen LogP contribution in [0.15, 0.2) is 40.9 Å². The van der Waals surface area contributed by atoms with Gasteiger partial charge in [0.15, 0.2) is 19.9 Å². The lowest BCUT2D eigenvalue weighted by molar-refractivity contribution is -0.150. The molecule has 2 aromatic carbocycles. The summed E-state index contributed by atoms with van der Waals surface area (Å²) in [6, 6.07) is 11.1. The minimum absolute atomic E-state index is 0.0773. The minimum Gasteiger partial charge on any atom is -0.491 e. The van der Waals surface area contributed by atoms with E-state index in [0.29, 0.717) is 34.7 Å². The van der Waals surface area contributed by atoms with Gasteiger partial charge in [-0.05, 0) is 67.9 Å². The molecule has 43 heavy (non-hydrogen) atoms. The number of nitrogens with zero attached hydrogens (tertiary/aromatic N) is 1. The van der Waals surface area contributed by atoms with Crippen LogP contribution in [-0.4, -0.2) is 61.0 Å². The molecule has 0 saturated carbocycles. The van der Waals surface area contributed by atoms with Crippen LogP contribution in [-0.2, 0) is 30.7 Å². The largest absolute Gasteiger partial charge is 0.491 e. The Kier molecular flexibility index (Phi) is 8.04. The van der Waals surface area contributed by atoms with Gasteiger partial charge in [0, 0.05) is 26.5 Å². The van der Waals surface area contributed by atoms with E-state index in [2.05, 4.69) is 49.8 Å². The maximum atomic E-state index is 13.9. The molecule has 1 aliphatic carbocycles. The van der Waals surface area contributed by atoms with Gasteiger partial charge in [-0.15, -0.1) is 0 Å². The molecule has 3 aromatic rings. The quantitative estimate of drug-likeness (QED) is 0.251. The lowest BCUT2D eigenvalue weighted by Crippen LogP contribution is -2.44. The zero-order valence-electron chi connectivity index (χ0n) is 26.5. The smallest absolute Gasteiger partial charge is 0.323 e. The van der Waals surface area contributed by atoms with Crippen LogP contribution in [0.5, 0.6) is 5.75 Å². The normalized spacial score (nSPS) is 21.1. The number of ether oxygens (including phenoxy) is 3. The Morgan fingerprint density at radius 1 is 1.05 bits per heavy atom. The van der Waals surface area contributed by atoms with Crippen LogP contribution in [0.25, 0.3) is 10.9 Å². The van der Waals surface area contributed by atoms with Gasteiger partial charge < -0.3 is 28.3 Å². The van der Waals surface area contributed by atoms with Gasteiger partial charge in [-0.25, -0.2) is 0 Å². The van der Waals surface area contributed by atoms with Gasteiger partial charge >= 0.3 is 5.97 Å². The van der Waals surface area contributed by atoms with E-state index in [1.54, 1.807) is 4.57 Å². The average molecular weight is 673 g/mol. The zero-order valence-corrected chi connectivity index (χ0v) is 29.0. The fourth-order valence-corrected chi connectivity index (χ4v) is 7.33. The molecule has 2 atom stereocenters. The first-order valence-corrected chi connectivity index (χ1v) is 18.4. The molecule has 0 spiro atoms. The molecule has 2 aliphatic rings. The lowest BCUT2D eigenvalue weighted by Gasteiger charge is -2.37. The predicted molar refractivity (Wildman–Crippen MR) is 172 cm³/mol. The molecule has 5 rings (SSSR count). The molecule has 0 amide bonds. The summed E-state index contributed by atoms with van der Waals surface area (Å²) in [6.45, 7) is 19.3. The molecule has 0 radical (unpaired) electrons. The highest BCUT2D eigenvalue weighted by atomic mass is 79.9. The van der Waals surface area contributed by atoms with Gasteiger partial charge in [-0.3, -0.25) is 9.59 Å². The molecule has 232 valence electrons. The Morgan fingerprint density at radius 2 is 1.70 bits per heavy atom. The number of aliphatic carboxylic acids is 1. The van der Waals surface area contributed by atoms with Crippen molar-refractivity contribution in [2.75, 3.05) is 13.2 Å². The second kappa shape index (κ2) is 10.8. The van der Waals surface area contributed by atoms with Gasteiger partial charge in [0.25, 0.3) is 0 Å². The number of rotatable bonds is 8. The van der Waals surface area contributed by atoms with Crippen molar-refractivity contribution in [3.05, 3.63) is 63.3 Å². The van der Waals surface area contributed by atoms with Gasteiger partial charge in [0.1, 0.15) is 31.1 Å². The number of carbonyl (C=O) groups is 2. The molecule has 2 unspecified atom stereocenters. The van der Waals surface area contributed by atoms with E-state index in [1.807, 2.05) is 64.1 Å². The first-order chi connectivity index (χ1) is 19.8. The van der Waals surface area contributed by atoms with Crippen LogP contribution in [0.1, 0.15) is 75.6 Å². The van der Waals surface area contributed by atoms with Crippen LogP contribution in [0.3, 0.4) is 0 Å². The average Bonchev–Trinajstić information content (AvgIpc) is 3.37. The fraction of sp³-hybridized carbons (Fsp3) is 0.515. The Bertz CT molecular complexity index is 1600. The van der Waals surface area contributed by atoms with E-state index in [9.17, 15) is 14.7 Å². The third-order valence-electron chi connectivity index (χ3n) is 9.16. The highest BCUT2D eigenvalue weighted by Gasteiger charge is 2.45. The van der Waals surface area contributed by atoms with Crippen molar-refractivity contribution in [2.45, 2.75) is 96.6 Å². The zero-order chi connectivity index (χ0) is 31.7.